The summed E-state index contributed by atoms with van der Waals surface area (Å²) >= 11 is 3.63. The number of hydrogen-bond donors (Lipinski definition) is 0. The number of likely N-dealkylation sites (tertiary alicyclic amines) is 1. The first-order valence-corrected chi connectivity index (χ1v) is 12.0. The smallest absolute Gasteiger partial charge is 0.253 e. The molecule has 1 fully saturated rings. The molecule has 0 aliphatic carbocycles. The minimum absolute atomic E-state index is 0.0594. The topological polar surface area (TPSA) is 36.4 Å². The van der Waals surface area contributed by atoms with Crippen molar-refractivity contribution in [3.05, 3.63) is 69.0 Å². The normalized spacial score (nSPS) is 15.3. The maximum atomic E-state index is 12.1. The maximum absolute atomic E-state index is 12.1. The van der Waals surface area contributed by atoms with Crippen LogP contribution in [0.2, 0.25) is 0 Å². The molecule has 1 aliphatic heterocycles. The number of piperidine rings is 1. The molecule has 2 aromatic rings. The fourth-order valence-electron chi connectivity index (χ4n) is 3.95. The average Bonchev–Trinajstić information content (AvgIpc) is 2.78. The second kappa shape index (κ2) is 12.2. The number of aromatic nitrogens is 1. The largest absolute Gasteiger partial charge is 0.345 e. The minimum atomic E-state index is 0.0594. The lowest BCUT2D eigenvalue weighted by Gasteiger charge is -2.32. The number of nitrogens with zero attached hydrogens (tertiary/aromatic N) is 3. The van der Waals surface area contributed by atoms with E-state index < -0.39 is 0 Å². The number of aryl methyl sites for hydroxylation is 1. The molecule has 0 atom stereocenters. The van der Waals surface area contributed by atoms with Gasteiger partial charge < -0.3 is 4.90 Å². The zero-order valence-electron chi connectivity index (χ0n) is 19.8. The van der Waals surface area contributed by atoms with Gasteiger partial charge in [-0.2, -0.15) is 0 Å². The molecule has 4 nitrogen and oxygen atoms in total. The highest BCUT2D eigenvalue weighted by Gasteiger charge is 2.21. The predicted molar refractivity (Wildman–Crippen MR) is 135 cm³/mol. The van der Waals surface area contributed by atoms with Crippen molar-refractivity contribution in [2.45, 2.75) is 46.5 Å². The summed E-state index contributed by atoms with van der Waals surface area (Å²) in [6.07, 6.45) is 6.40. The Hall–Kier alpha value is -1.98. The molecular weight excluding hydrogens is 450 g/mol. The molecule has 168 valence electrons. The quantitative estimate of drug-likeness (QED) is 0.508. The fourth-order valence-corrected chi connectivity index (χ4v) is 4.46. The van der Waals surface area contributed by atoms with Crippen LogP contribution in [-0.2, 0) is 0 Å². The van der Waals surface area contributed by atoms with E-state index in [4.69, 9.17) is 0 Å². The van der Waals surface area contributed by atoms with Crippen LogP contribution >= 0.6 is 15.9 Å². The summed E-state index contributed by atoms with van der Waals surface area (Å²) in [6, 6.07) is 10.2. The summed E-state index contributed by atoms with van der Waals surface area (Å²) in [5.74, 6) is 0.637. The van der Waals surface area contributed by atoms with Crippen LogP contribution in [0.4, 0.5) is 0 Å². The van der Waals surface area contributed by atoms with Crippen LogP contribution in [0.1, 0.15) is 66.7 Å². The molecule has 0 N–H and O–H groups in total. The number of amides is 1. The minimum Gasteiger partial charge on any atom is -0.345 e. The molecule has 1 aliphatic rings. The number of halogens is 1. The molecule has 3 rings (SSSR count). The van der Waals surface area contributed by atoms with E-state index in [1.165, 1.54) is 16.7 Å². The van der Waals surface area contributed by atoms with Gasteiger partial charge in [-0.15, -0.1) is 0 Å². The summed E-state index contributed by atoms with van der Waals surface area (Å²) in [7, 11) is 3.58. The number of rotatable bonds is 5. The number of carbonyl (C=O) groups excluding carboxylic acids is 1. The predicted octanol–water partition coefficient (Wildman–Crippen LogP) is 6.16. The van der Waals surface area contributed by atoms with Crippen molar-refractivity contribution in [2.75, 3.05) is 33.7 Å². The van der Waals surface area contributed by atoms with Gasteiger partial charge in [0.15, 0.2) is 0 Å². The van der Waals surface area contributed by atoms with E-state index in [1.54, 1.807) is 19.0 Å². The van der Waals surface area contributed by atoms with Gasteiger partial charge in [-0.3, -0.25) is 14.7 Å². The second-order valence-corrected chi connectivity index (χ2v) is 9.01. The van der Waals surface area contributed by atoms with Crippen LogP contribution in [0.5, 0.6) is 0 Å². The van der Waals surface area contributed by atoms with E-state index >= 15 is 0 Å². The number of hydrogen-bond acceptors (Lipinski definition) is 3. The summed E-state index contributed by atoms with van der Waals surface area (Å²) in [4.78, 5) is 20.6. The van der Waals surface area contributed by atoms with Crippen molar-refractivity contribution < 1.29 is 4.79 Å². The molecule has 0 saturated carbocycles. The third-order valence-corrected chi connectivity index (χ3v) is 6.31. The Labute approximate surface area is 196 Å². The molecule has 0 spiro atoms. The summed E-state index contributed by atoms with van der Waals surface area (Å²) in [6.45, 7) is 11.4. The zero-order chi connectivity index (χ0) is 23.0. The maximum Gasteiger partial charge on any atom is 0.253 e. The lowest BCUT2D eigenvalue weighted by Crippen LogP contribution is -2.34. The molecule has 1 aromatic carbocycles. The van der Waals surface area contributed by atoms with Crippen molar-refractivity contribution in [3.8, 4) is 0 Å². The van der Waals surface area contributed by atoms with E-state index in [-0.39, 0.29) is 5.91 Å². The van der Waals surface area contributed by atoms with Crippen LogP contribution in [0.15, 0.2) is 46.6 Å². The summed E-state index contributed by atoms with van der Waals surface area (Å²) in [5, 5.41) is 0. The third-order valence-electron chi connectivity index (χ3n) is 5.62. The Morgan fingerprint density at radius 2 is 1.77 bits per heavy atom. The van der Waals surface area contributed by atoms with Crippen LogP contribution in [0.25, 0.3) is 6.08 Å². The first-order valence-electron chi connectivity index (χ1n) is 11.2. The molecule has 0 unspecified atom stereocenters. The van der Waals surface area contributed by atoms with Crippen LogP contribution in [0, 0.1) is 6.92 Å². The Bertz CT molecular complexity index is 862. The van der Waals surface area contributed by atoms with Crippen molar-refractivity contribution >= 4 is 27.9 Å². The molecular formula is C26H36BrN3O. The lowest BCUT2D eigenvalue weighted by atomic mass is 9.88. The van der Waals surface area contributed by atoms with Gasteiger partial charge in [0.2, 0.25) is 0 Å². The SMILES string of the molecule is C/C(=C\c1c(Br)ccnc1C)CN1CCC(c2ccc(C(=O)N(C)C)cc2)CC1.CC. The molecule has 2 heterocycles. The van der Waals surface area contributed by atoms with E-state index in [9.17, 15) is 4.79 Å². The molecule has 1 saturated heterocycles. The highest BCUT2D eigenvalue weighted by molar-refractivity contribution is 9.10. The van der Waals surface area contributed by atoms with Crippen molar-refractivity contribution in [3.63, 3.8) is 0 Å². The second-order valence-electron chi connectivity index (χ2n) is 8.15. The van der Waals surface area contributed by atoms with Crippen LogP contribution in [-0.4, -0.2) is 54.4 Å². The molecule has 0 bridgehead atoms. The standard InChI is InChI=1S/C24H30BrN3O.C2H6/c1-17(15-22-18(2)26-12-9-23(22)25)16-28-13-10-20(11-14-28)19-5-7-21(8-6-19)24(29)27(3)4;1-2/h5-9,12,15,20H,10-11,13-14,16H2,1-4H3;1-2H3/b17-15+;. The van der Waals surface area contributed by atoms with Gasteiger partial charge in [0.1, 0.15) is 0 Å². The van der Waals surface area contributed by atoms with E-state index in [0.29, 0.717) is 5.92 Å². The number of pyridine rings is 1. The van der Waals surface area contributed by atoms with E-state index in [2.05, 4.69) is 50.9 Å². The van der Waals surface area contributed by atoms with Gasteiger partial charge in [-0.1, -0.05) is 53.6 Å². The number of benzene rings is 1. The molecule has 5 heteroatoms. The molecule has 31 heavy (non-hydrogen) atoms. The number of carbonyl (C=O) groups is 1. The van der Waals surface area contributed by atoms with Crippen molar-refractivity contribution in [1.29, 1.82) is 0 Å². The van der Waals surface area contributed by atoms with Gasteiger partial charge in [0.05, 0.1) is 0 Å². The molecule has 0 radical (unpaired) electrons. The summed E-state index contributed by atoms with van der Waals surface area (Å²) < 4.78 is 1.10. The Balaban J connectivity index is 0.00000166. The van der Waals surface area contributed by atoms with Gasteiger partial charge in [-0.05, 0) is 69.5 Å². The van der Waals surface area contributed by atoms with Gasteiger partial charge >= 0.3 is 0 Å². The first-order chi connectivity index (χ1) is 14.8. The Morgan fingerprint density at radius 3 is 2.32 bits per heavy atom. The van der Waals surface area contributed by atoms with Crippen molar-refractivity contribution in [2.24, 2.45) is 0 Å². The van der Waals surface area contributed by atoms with Gasteiger partial charge in [-0.25, -0.2) is 0 Å². The Kier molecular flexibility index (Phi) is 9.92. The molecule has 1 amide bonds. The van der Waals surface area contributed by atoms with Gasteiger partial charge in [0.25, 0.3) is 5.91 Å². The third kappa shape index (κ3) is 7.01. The van der Waals surface area contributed by atoms with E-state index in [0.717, 1.165) is 48.2 Å². The lowest BCUT2D eigenvalue weighted by molar-refractivity contribution is 0.0827. The monoisotopic (exact) mass is 485 g/mol. The average molecular weight is 486 g/mol. The molecule has 1 aromatic heterocycles. The fraction of sp³-hybridized carbons (Fsp3) is 0.462. The van der Waals surface area contributed by atoms with Crippen LogP contribution in [0.3, 0.4) is 0 Å². The zero-order valence-corrected chi connectivity index (χ0v) is 21.4. The Morgan fingerprint density at radius 1 is 1.16 bits per heavy atom. The van der Waals surface area contributed by atoms with Gasteiger partial charge in [0, 0.05) is 48.1 Å². The first kappa shape index (κ1) is 25.3. The van der Waals surface area contributed by atoms with Crippen molar-refractivity contribution in [1.82, 2.24) is 14.8 Å². The summed E-state index contributed by atoms with van der Waals surface area (Å²) in [5.41, 5.74) is 5.68. The van der Waals surface area contributed by atoms with E-state index in [1.807, 2.05) is 45.2 Å². The highest BCUT2D eigenvalue weighted by Crippen LogP contribution is 2.29. The highest BCUT2D eigenvalue weighted by atomic mass is 79.9. The van der Waals surface area contributed by atoms with Crippen LogP contribution < -0.4 is 0 Å².